The predicted molar refractivity (Wildman–Crippen MR) is 222 cm³/mol. The SMILES string of the molecule is CCC1CCCCCCCCCCCCCCCC(CCCN(CC)CC)CCCCCCCCCCCCCCC(=O)OCC(CC)CC1. The number of esters is 1. The Morgan fingerprint density at radius 3 is 1.22 bits per heavy atom. The van der Waals surface area contributed by atoms with Crippen LogP contribution in [0.15, 0.2) is 0 Å². The lowest BCUT2D eigenvalue weighted by Crippen LogP contribution is -2.24. The molecular formula is C47H93NO2. The summed E-state index contributed by atoms with van der Waals surface area (Å²) in [7, 11) is 0. The smallest absolute Gasteiger partial charge is 0.305 e. The molecule has 0 aromatic rings. The second-order valence-corrected chi connectivity index (χ2v) is 16.8. The van der Waals surface area contributed by atoms with Gasteiger partial charge in [0.15, 0.2) is 0 Å². The Balaban J connectivity index is 2.41. The molecule has 0 N–H and O–H groups in total. The molecular weight excluding hydrogens is 611 g/mol. The minimum Gasteiger partial charge on any atom is -0.465 e. The lowest BCUT2D eigenvalue weighted by atomic mass is 9.89. The van der Waals surface area contributed by atoms with E-state index >= 15 is 0 Å². The molecule has 1 rings (SSSR count). The van der Waals surface area contributed by atoms with Crippen LogP contribution in [0.5, 0.6) is 0 Å². The Morgan fingerprint density at radius 2 is 0.820 bits per heavy atom. The number of rotatable bonds is 8. The Kier molecular flexibility index (Phi) is 34.9. The lowest BCUT2D eigenvalue weighted by Gasteiger charge is -2.21. The molecule has 0 spiro atoms. The first-order chi connectivity index (χ1) is 24.6. The number of carbonyl (C=O) groups is 1. The van der Waals surface area contributed by atoms with Gasteiger partial charge in [0.05, 0.1) is 6.61 Å². The van der Waals surface area contributed by atoms with E-state index in [4.69, 9.17) is 4.74 Å². The van der Waals surface area contributed by atoms with Gasteiger partial charge in [-0.2, -0.15) is 0 Å². The van der Waals surface area contributed by atoms with Crippen molar-refractivity contribution in [3.05, 3.63) is 0 Å². The molecule has 1 aliphatic rings. The van der Waals surface area contributed by atoms with Crippen LogP contribution in [-0.4, -0.2) is 37.1 Å². The van der Waals surface area contributed by atoms with E-state index in [-0.39, 0.29) is 5.97 Å². The Labute approximate surface area is 316 Å². The van der Waals surface area contributed by atoms with E-state index in [0.717, 1.165) is 24.7 Å². The van der Waals surface area contributed by atoms with Crippen LogP contribution in [0.4, 0.5) is 0 Å². The second-order valence-electron chi connectivity index (χ2n) is 16.8. The minimum atomic E-state index is 0.0417. The highest BCUT2D eigenvalue weighted by Gasteiger charge is 2.14. The van der Waals surface area contributed by atoms with Crippen LogP contribution in [0.25, 0.3) is 0 Å². The van der Waals surface area contributed by atoms with E-state index in [9.17, 15) is 4.79 Å². The zero-order valence-electron chi connectivity index (χ0n) is 35.1. The van der Waals surface area contributed by atoms with Crippen LogP contribution in [-0.2, 0) is 9.53 Å². The number of hydrogen-bond donors (Lipinski definition) is 0. The summed E-state index contributed by atoms with van der Waals surface area (Å²) in [5.41, 5.74) is 0. The molecule has 3 nitrogen and oxygen atoms in total. The number of ether oxygens (including phenoxy) is 1. The van der Waals surface area contributed by atoms with Crippen molar-refractivity contribution in [1.29, 1.82) is 0 Å². The lowest BCUT2D eigenvalue weighted by molar-refractivity contribution is -0.145. The van der Waals surface area contributed by atoms with Gasteiger partial charge in [-0.3, -0.25) is 4.79 Å². The van der Waals surface area contributed by atoms with Crippen LogP contribution < -0.4 is 0 Å². The summed E-state index contributed by atoms with van der Waals surface area (Å²) in [5.74, 6) is 2.41. The summed E-state index contributed by atoms with van der Waals surface area (Å²) in [6.45, 7) is 13.6. The van der Waals surface area contributed by atoms with Gasteiger partial charge in [0.2, 0.25) is 0 Å². The standard InChI is InChI=1S/C47H93NO2/c1-5-44-35-30-26-22-18-14-10-9-11-15-19-23-27-31-36-46(38-34-42-48(7-3)8-4)37-32-28-24-20-16-12-13-17-21-25-29-33-39-47(49)50-43-45(6-2)41-40-44/h44-46H,5-43H2,1-4H3. The number of nitrogens with zero attached hydrogens (tertiary/aromatic N) is 1. The van der Waals surface area contributed by atoms with Crippen molar-refractivity contribution in [3.8, 4) is 0 Å². The molecule has 3 atom stereocenters. The van der Waals surface area contributed by atoms with Crippen molar-refractivity contribution >= 4 is 5.97 Å². The maximum atomic E-state index is 12.4. The van der Waals surface area contributed by atoms with Crippen LogP contribution in [0.1, 0.15) is 252 Å². The molecule has 0 aromatic carbocycles. The summed E-state index contributed by atoms with van der Waals surface area (Å²) in [6.07, 6.45) is 47.9. The fraction of sp³-hybridized carbons (Fsp3) is 0.979. The number of hydrogen-bond acceptors (Lipinski definition) is 3. The first-order valence-electron chi connectivity index (χ1n) is 23.5. The van der Waals surface area contributed by atoms with Crippen molar-refractivity contribution in [1.82, 2.24) is 4.90 Å². The summed E-state index contributed by atoms with van der Waals surface area (Å²) in [4.78, 5) is 15.0. The Hall–Kier alpha value is -0.570. The molecule has 3 unspecified atom stereocenters. The summed E-state index contributed by atoms with van der Waals surface area (Å²) in [6, 6.07) is 0. The zero-order valence-corrected chi connectivity index (χ0v) is 35.1. The van der Waals surface area contributed by atoms with Gasteiger partial charge < -0.3 is 9.64 Å². The van der Waals surface area contributed by atoms with Gasteiger partial charge in [-0.15, -0.1) is 0 Å². The van der Waals surface area contributed by atoms with Crippen molar-refractivity contribution in [2.45, 2.75) is 252 Å². The van der Waals surface area contributed by atoms with Crippen molar-refractivity contribution in [2.75, 3.05) is 26.2 Å². The monoisotopic (exact) mass is 704 g/mol. The van der Waals surface area contributed by atoms with Gasteiger partial charge in [0.1, 0.15) is 0 Å². The number of cyclic esters (lactones) is 1. The topological polar surface area (TPSA) is 29.5 Å². The van der Waals surface area contributed by atoms with Crippen LogP contribution >= 0.6 is 0 Å². The molecule has 1 saturated heterocycles. The third kappa shape index (κ3) is 29.9. The molecule has 1 aliphatic heterocycles. The fourth-order valence-electron chi connectivity index (χ4n) is 8.57. The maximum Gasteiger partial charge on any atom is 0.305 e. The first-order valence-corrected chi connectivity index (χ1v) is 23.5. The molecule has 50 heavy (non-hydrogen) atoms. The van der Waals surface area contributed by atoms with Gasteiger partial charge >= 0.3 is 5.97 Å². The number of carbonyl (C=O) groups excluding carboxylic acids is 1. The molecule has 0 amide bonds. The fourth-order valence-corrected chi connectivity index (χ4v) is 8.57. The molecule has 298 valence electrons. The van der Waals surface area contributed by atoms with Crippen LogP contribution in [0.3, 0.4) is 0 Å². The largest absolute Gasteiger partial charge is 0.465 e. The Bertz CT molecular complexity index is 691. The first kappa shape index (κ1) is 47.5. The van der Waals surface area contributed by atoms with Gasteiger partial charge in [-0.1, -0.05) is 220 Å². The van der Waals surface area contributed by atoms with E-state index in [1.54, 1.807) is 0 Å². The third-order valence-electron chi connectivity index (χ3n) is 12.6. The molecule has 1 heterocycles. The normalized spacial score (nSPS) is 25.4. The van der Waals surface area contributed by atoms with E-state index < -0.39 is 0 Å². The molecule has 3 heteroatoms. The van der Waals surface area contributed by atoms with Crippen LogP contribution in [0, 0.1) is 17.8 Å². The third-order valence-corrected chi connectivity index (χ3v) is 12.6. The van der Waals surface area contributed by atoms with Crippen molar-refractivity contribution in [3.63, 3.8) is 0 Å². The van der Waals surface area contributed by atoms with Gasteiger partial charge in [-0.25, -0.2) is 0 Å². The predicted octanol–water partition coefficient (Wildman–Crippen LogP) is 15.4. The summed E-state index contributed by atoms with van der Waals surface area (Å²) >= 11 is 0. The van der Waals surface area contributed by atoms with Gasteiger partial charge in [0.25, 0.3) is 0 Å². The van der Waals surface area contributed by atoms with Gasteiger partial charge in [-0.05, 0) is 63.1 Å². The van der Waals surface area contributed by atoms with Crippen LogP contribution in [0.2, 0.25) is 0 Å². The van der Waals surface area contributed by atoms with E-state index in [2.05, 4.69) is 32.6 Å². The highest BCUT2D eigenvalue weighted by Crippen LogP contribution is 2.26. The highest BCUT2D eigenvalue weighted by molar-refractivity contribution is 5.69. The molecule has 1 fully saturated rings. The van der Waals surface area contributed by atoms with E-state index in [1.165, 1.54) is 225 Å². The molecule has 0 bridgehead atoms. The molecule has 0 aliphatic carbocycles. The quantitative estimate of drug-likeness (QED) is 0.236. The maximum absolute atomic E-state index is 12.4. The van der Waals surface area contributed by atoms with E-state index in [1.807, 2.05) is 0 Å². The average molecular weight is 704 g/mol. The van der Waals surface area contributed by atoms with Crippen molar-refractivity contribution in [2.24, 2.45) is 17.8 Å². The van der Waals surface area contributed by atoms with E-state index in [0.29, 0.717) is 18.9 Å². The zero-order chi connectivity index (χ0) is 36.2. The molecule has 0 saturated carbocycles. The van der Waals surface area contributed by atoms with Crippen molar-refractivity contribution < 1.29 is 9.53 Å². The summed E-state index contributed by atoms with van der Waals surface area (Å²) < 4.78 is 5.75. The molecule has 0 radical (unpaired) electrons. The highest BCUT2D eigenvalue weighted by atomic mass is 16.5. The average Bonchev–Trinajstić information content (AvgIpc) is 3.13. The molecule has 0 aromatic heterocycles. The summed E-state index contributed by atoms with van der Waals surface area (Å²) in [5, 5.41) is 0. The van der Waals surface area contributed by atoms with Gasteiger partial charge in [0, 0.05) is 6.42 Å². The minimum absolute atomic E-state index is 0.0417. The Morgan fingerprint density at radius 1 is 0.460 bits per heavy atom. The second kappa shape index (κ2) is 36.8.